The highest BCUT2D eigenvalue weighted by atomic mass is 131. The number of ketones is 1. The first-order chi connectivity index (χ1) is 12.6. The SMILES string of the molecule is CN1CCCC[C@H]1Cn1cc(C(=O)c2ccccc2[131I])c2ccccc21. The Labute approximate surface area is 168 Å². The minimum Gasteiger partial charge on any atom is -0.345 e. The van der Waals surface area contributed by atoms with Gasteiger partial charge >= 0.3 is 0 Å². The zero-order valence-electron chi connectivity index (χ0n) is 15.0. The van der Waals surface area contributed by atoms with Crippen LogP contribution in [0.15, 0.2) is 54.7 Å². The summed E-state index contributed by atoms with van der Waals surface area (Å²) in [5, 5.41) is 1.05. The number of piperidine rings is 1. The molecule has 1 fully saturated rings. The average molecular weight is 462 g/mol. The molecule has 2 heterocycles. The van der Waals surface area contributed by atoms with Gasteiger partial charge in [-0.3, -0.25) is 4.79 Å². The number of likely N-dealkylation sites (tertiary alicyclic amines) is 1. The van der Waals surface area contributed by atoms with Crippen LogP contribution < -0.4 is 0 Å². The molecule has 1 aliphatic rings. The molecule has 26 heavy (non-hydrogen) atoms. The summed E-state index contributed by atoms with van der Waals surface area (Å²) in [5.41, 5.74) is 2.75. The lowest BCUT2D eigenvalue weighted by Crippen LogP contribution is -2.39. The van der Waals surface area contributed by atoms with Gasteiger partial charge in [-0.25, -0.2) is 0 Å². The number of fused-ring (bicyclic) bond motifs is 1. The van der Waals surface area contributed by atoms with Crippen LogP contribution in [0.2, 0.25) is 0 Å². The van der Waals surface area contributed by atoms with Crippen LogP contribution in [0.5, 0.6) is 0 Å². The summed E-state index contributed by atoms with van der Waals surface area (Å²) in [6.45, 7) is 2.11. The van der Waals surface area contributed by atoms with E-state index < -0.39 is 0 Å². The number of carbonyl (C=O) groups is 1. The molecule has 0 N–H and O–H groups in total. The van der Waals surface area contributed by atoms with E-state index in [9.17, 15) is 4.79 Å². The van der Waals surface area contributed by atoms with Gasteiger partial charge in [-0.05, 0) is 67.2 Å². The second-order valence-corrected chi connectivity index (χ2v) is 8.31. The molecule has 0 saturated carbocycles. The first kappa shape index (κ1) is 17.7. The number of hydrogen-bond acceptors (Lipinski definition) is 2. The predicted octanol–water partition coefficient (Wildman–Crippen LogP) is 4.96. The van der Waals surface area contributed by atoms with Crippen LogP contribution in [0.25, 0.3) is 10.9 Å². The van der Waals surface area contributed by atoms with Crippen LogP contribution in [0.3, 0.4) is 0 Å². The van der Waals surface area contributed by atoms with Crippen molar-refractivity contribution < 1.29 is 4.79 Å². The highest BCUT2D eigenvalue weighted by Gasteiger charge is 2.22. The molecule has 1 atom stereocenters. The zero-order chi connectivity index (χ0) is 18.1. The van der Waals surface area contributed by atoms with E-state index in [1.807, 2.05) is 30.3 Å². The van der Waals surface area contributed by atoms with E-state index in [2.05, 4.69) is 63.5 Å². The Balaban J connectivity index is 1.74. The van der Waals surface area contributed by atoms with Crippen molar-refractivity contribution in [3.05, 3.63) is 69.4 Å². The number of para-hydroxylation sites is 1. The number of hydrogen-bond donors (Lipinski definition) is 0. The first-order valence-corrected chi connectivity index (χ1v) is 10.3. The summed E-state index contributed by atoms with van der Waals surface area (Å²) in [7, 11) is 2.22. The van der Waals surface area contributed by atoms with Crippen molar-refractivity contribution in [1.82, 2.24) is 9.47 Å². The van der Waals surface area contributed by atoms with Gasteiger partial charge in [-0.15, -0.1) is 0 Å². The minimum absolute atomic E-state index is 0.113. The van der Waals surface area contributed by atoms with Gasteiger partial charge in [-0.1, -0.05) is 36.8 Å². The molecule has 0 amide bonds. The Bertz CT molecular complexity index is 946. The van der Waals surface area contributed by atoms with Crippen molar-refractivity contribution in [2.75, 3.05) is 13.6 Å². The Morgan fingerprint density at radius 1 is 1.08 bits per heavy atom. The fraction of sp³-hybridized carbons (Fsp3) is 0.318. The number of carbonyl (C=O) groups excluding carboxylic acids is 1. The molecule has 0 spiro atoms. The Morgan fingerprint density at radius 2 is 1.85 bits per heavy atom. The number of halogens is 1. The Morgan fingerprint density at radius 3 is 2.65 bits per heavy atom. The monoisotopic (exact) mass is 462 g/mol. The largest absolute Gasteiger partial charge is 0.345 e. The molecule has 0 unspecified atom stereocenters. The van der Waals surface area contributed by atoms with Crippen molar-refractivity contribution in [2.45, 2.75) is 31.8 Å². The predicted molar refractivity (Wildman–Crippen MR) is 115 cm³/mol. The Hall–Kier alpha value is -1.66. The van der Waals surface area contributed by atoms with Gasteiger partial charge in [0.25, 0.3) is 0 Å². The molecule has 0 radical (unpaired) electrons. The molecule has 134 valence electrons. The van der Waals surface area contributed by atoms with Crippen molar-refractivity contribution >= 4 is 39.3 Å². The molecule has 0 bridgehead atoms. The lowest BCUT2D eigenvalue weighted by Gasteiger charge is -2.32. The maximum absolute atomic E-state index is 13.2. The molecule has 3 aromatic rings. The number of rotatable bonds is 4. The van der Waals surface area contributed by atoms with E-state index in [1.165, 1.54) is 19.3 Å². The van der Waals surface area contributed by atoms with Crippen molar-refractivity contribution in [3.63, 3.8) is 0 Å². The topological polar surface area (TPSA) is 25.2 Å². The van der Waals surface area contributed by atoms with Gasteiger partial charge < -0.3 is 9.47 Å². The molecule has 4 heteroatoms. The second-order valence-electron chi connectivity index (χ2n) is 7.15. The van der Waals surface area contributed by atoms with Crippen molar-refractivity contribution in [3.8, 4) is 0 Å². The molecule has 0 aliphatic carbocycles. The van der Waals surface area contributed by atoms with Crippen LogP contribution in [0.4, 0.5) is 0 Å². The summed E-state index contributed by atoms with van der Waals surface area (Å²) in [6.07, 6.45) is 5.87. The average Bonchev–Trinajstić information content (AvgIpc) is 3.02. The van der Waals surface area contributed by atoms with E-state index in [4.69, 9.17) is 0 Å². The molecule has 2 aromatic carbocycles. The zero-order valence-corrected chi connectivity index (χ0v) is 17.1. The maximum atomic E-state index is 13.2. The van der Waals surface area contributed by atoms with Crippen LogP contribution in [-0.4, -0.2) is 34.9 Å². The quantitative estimate of drug-likeness (QED) is 0.405. The third-order valence-corrected chi connectivity index (χ3v) is 6.42. The maximum Gasteiger partial charge on any atom is 0.196 e. The van der Waals surface area contributed by atoms with Gasteiger partial charge in [0.1, 0.15) is 0 Å². The molecular formula is C22H23IN2O. The highest BCUT2D eigenvalue weighted by molar-refractivity contribution is 14.1. The van der Waals surface area contributed by atoms with Crippen molar-refractivity contribution in [2.24, 2.45) is 0 Å². The fourth-order valence-electron chi connectivity index (χ4n) is 3.97. The fourth-order valence-corrected chi connectivity index (χ4v) is 4.60. The summed E-state index contributed by atoms with van der Waals surface area (Å²) in [4.78, 5) is 15.7. The minimum atomic E-state index is 0.113. The molecule has 3 nitrogen and oxygen atoms in total. The number of nitrogens with zero attached hydrogens (tertiary/aromatic N) is 2. The van der Waals surface area contributed by atoms with Crippen molar-refractivity contribution in [1.29, 1.82) is 0 Å². The highest BCUT2D eigenvalue weighted by Crippen LogP contribution is 2.27. The standard InChI is InChI=1S/C22H23IN2O/c1-24-13-7-6-8-16(24)14-25-15-19(17-9-3-5-12-21(17)25)22(26)18-10-2-4-11-20(18)23/h2-5,9-12,15-16H,6-8,13-14H2,1H3/t16-/m0/s1/i23+4. The van der Waals surface area contributed by atoms with Gasteiger partial charge in [0.15, 0.2) is 5.78 Å². The molecule has 1 saturated heterocycles. The normalized spacial score (nSPS) is 18.3. The first-order valence-electron chi connectivity index (χ1n) is 9.22. The summed E-state index contributed by atoms with van der Waals surface area (Å²) < 4.78 is 3.28. The smallest absolute Gasteiger partial charge is 0.196 e. The van der Waals surface area contributed by atoms with E-state index in [0.717, 1.165) is 38.7 Å². The van der Waals surface area contributed by atoms with Crippen LogP contribution >= 0.6 is 22.6 Å². The molecule has 4 rings (SSSR count). The second kappa shape index (κ2) is 7.53. The third-order valence-electron chi connectivity index (χ3n) is 5.48. The van der Waals surface area contributed by atoms with Gasteiger partial charge in [-0.2, -0.15) is 0 Å². The van der Waals surface area contributed by atoms with E-state index in [0.29, 0.717) is 6.04 Å². The summed E-state index contributed by atoms with van der Waals surface area (Å²) in [6, 6.07) is 16.6. The molecule has 1 aromatic heterocycles. The number of likely N-dealkylation sites (N-methyl/N-ethyl adjacent to an activating group) is 1. The van der Waals surface area contributed by atoms with Crippen LogP contribution in [-0.2, 0) is 6.54 Å². The lowest BCUT2D eigenvalue weighted by atomic mass is 10.0. The summed E-state index contributed by atoms with van der Waals surface area (Å²) in [5.74, 6) is 0.113. The molecular weight excluding hydrogens is 439 g/mol. The Kier molecular flexibility index (Phi) is 5.14. The summed E-state index contributed by atoms with van der Waals surface area (Å²) >= 11 is 2.25. The van der Waals surface area contributed by atoms with Gasteiger partial charge in [0.2, 0.25) is 0 Å². The molecule has 1 aliphatic heterocycles. The van der Waals surface area contributed by atoms with Gasteiger partial charge in [0, 0.05) is 44.4 Å². The van der Waals surface area contributed by atoms with Crippen LogP contribution in [0.1, 0.15) is 35.2 Å². The van der Waals surface area contributed by atoms with E-state index in [1.54, 1.807) is 0 Å². The number of aromatic nitrogens is 1. The van der Waals surface area contributed by atoms with E-state index in [-0.39, 0.29) is 5.78 Å². The van der Waals surface area contributed by atoms with E-state index >= 15 is 0 Å². The van der Waals surface area contributed by atoms with Gasteiger partial charge in [0.05, 0.1) is 0 Å². The van der Waals surface area contributed by atoms with Crippen LogP contribution in [0, 0.1) is 3.57 Å². The lowest BCUT2D eigenvalue weighted by molar-refractivity contribution is 0.103. The third kappa shape index (κ3) is 3.32. The number of benzene rings is 2.